The van der Waals surface area contributed by atoms with Gasteiger partial charge in [-0.1, -0.05) is 30.3 Å². The molecule has 0 saturated carbocycles. The zero-order valence-electron chi connectivity index (χ0n) is 17.8. The van der Waals surface area contributed by atoms with Gasteiger partial charge in [0.2, 0.25) is 0 Å². The number of fused-ring (bicyclic) bond motifs is 3. The molecule has 0 amide bonds. The van der Waals surface area contributed by atoms with Crippen molar-refractivity contribution in [3.8, 4) is 0 Å². The third-order valence-corrected chi connectivity index (χ3v) is 7.75. The zero-order chi connectivity index (χ0) is 21.9. The standard InChI is InChI=1S/C25H23N3O2S2/c1-30-25(29)17-12-10-16(11-13-17)14-26-23-22-19-8-5-9-20(19)32-24(22)28-21(27-23)15-31-18-6-3-2-4-7-18/h2-4,6-7,10-13H,5,8-9,14-15H2,1H3,(H,26,27,28). The Kier molecular flexibility index (Phi) is 6.10. The fourth-order valence-corrected chi connectivity index (χ4v) is 6.01. The number of aromatic nitrogens is 2. The minimum atomic E-state index is -0.323. The molecule has 5 rings (SSSR count). The molecule has 2 heterocycles. The first-order chi connectivity index (χ1) is 15.7. The number of nitrogens with zero attached hydrogens (tertiary/aromatic N) is 2. The van der Waals surface area contributed by atoms with E-state index in [-0.39, 0.29) is 5.97 Å². The van der Waals surface area contributed by atoms with Crippen molar-refractivity contribution in [2.45, 2.75) is 36.5 Å². The molecule has 0 fully saturated rings. The van der Waals surface area contributed by atoms with Crippen LogP contribution in [-0.2, 0) is 29.9 Å². The summed E-state index contributed by atoms with van der Waals surface area (Å²) in [7, 11) is 1.39. The largest absolute Gasteiger partial charge is 0.465 e. The molecule has 1 aliphatic carbocycles. The van der Waals surface area contributed by atoms with Crippen LogP contribution < -0.4 is 5.32 Å². The lowest BCUT2D eigenvalue weighted by Gasteiger charge is -2.11. The van der Waals surface area contributed by atoms with Crippen molar-refractivity contribution in [3.63, 3.8) is 0 Å². The van der Waals surface area contributed by atoms with Crippen molar-refractivity contribution < 1.29 is 9.53 Å². The van der Waals surface area contributed by atoms with E-state index in [1.54, 1.807) is 23.9 Å². The molecule has 0 saturated heterocycles. The summed E-state index contributed by atoms with van der Waals surface area (Å²) >= 11 is 3.56. The average molecular weight is 462 g/mol. The Balaban J connectivity index is 1.40. The molecular weight excluding hydrogens is 438 g/mol. The first-order valence-electron chi connectivity index (χ1n) is 10.6. The quantitative estimate of drug-likeness (QED) is 0.274. The SMILES string of the molecule is COC(=O)c1ccc(CNc2nc(CSc3ccccc3)nc3sc4c(c23)CCC4)cc1. The second-order valence-electron chi connectivity index (χ2n) is 7.67. The second kappa shape index (κ2) is 9.30. The second-order valence-corrected chi connectivity index (χ2v) is 9.80. The van der Waals surface area contributed by atoms with Crippen LogP contribution in [0.25, 0.3) is 10.2 Å². The van der Waals surface area contributed by atoms with Crippen LogP contribution >= 0.6 is 23.1 Å². The van der Waals surface area contributed by atoms with E-state index in [1.165, 1.54) is 34.3 Å². The molecule has 0 spiro atoms. The van der Waals surface area contributed by atoms with Crippen molar-refractivity contribution >= 4 is 45.1 Å². The first-order valence-corrected chi connectivity index (χ1v) is 12.4. The molecule has 7 heteroatoms. The highest BCUT2D eigenvalue weighted by atomic mass is 32.2. The highest BCUT2D eigenvalue weighted by molar-refractivity contribution is 7.98. The van der Waals surface area contributed by atoms with Gasteiger partial charge in [-0.15, -0.1) is 23.1 Å². The van der Waals surface area contributed by atoms with Gasteiger partial charge < -0.3 is 10.1 Å². The molecule has 1 N–H and O–H groups in total. The van der Waals surface area contributed by atoms with Gasteiger partial charge in [-0.05, 0) is 54.7 Å². The van der Waals surface area contributed by atoms with Crippen LogP contribution in [0.4, 0.5) is 5.82 Å². The van der Waals surface area contributed by atoms with Gasteiger partial charge in [-0.3, -0.25) is 0 Å². The van der Waals surface area contributed by atoms with E-state index < -0.39 is 0 Å². The first kappa shape index (κ1) is 21.0. The Labute approximate surface area is 195 Å². The fourth-order valence-electron chi connectivity index (χ4n) is 3.96. The Bertz CT molecular complexity index is 1250. The molecule has 2 aromatic heterocycles. The summed E-state index contributed by atoms with van der Waals surface area (Å²) < 4.78 is 4.78. The molecule has 0 bridgehead atoms. The highest BCUT2D eigenvalue weighted by Crippen LogP contribution is 2.40. The third-order valence-electron chi connectivity index (χ3n) is 5.56. The summed E-state index contributed by atoms with van der Waals surface area (Å²) in [6.07, 6.45) is 3.44. The summed E-state index contributed by atoms with van der Waals surface area (Å²) in [4.78, 5) is 25.3. The molecule has 5 nitrogen and oxygen atoms in total. The van der Waals surface area contributed by atoms with Crippen LogP contribution in [0.1, 0.15) is 38.6 Å². The Hall–Kier alpha value is -2.90. The molecular formula is C25H23N3O2S2. The maximum Gasteiger partial charge on any atom is 0.337 e. The number of rotatable bonds is 7. The van der Waals surface area contributed by atoms with Gasteiger partial charge in [-0.25, -0.2) is 14.8 Å². The van der Waals surface area contributed by atoms with E-state index in [0.29, 0.717) is 12.1 Å². The number of carbonyl (C=O) groups is 1. The normalized spacial score (nSPS) is 12.7. The van der Waals surface area contributed by atoms with Gasteiger partial charge in [-0.2, -0.15) is 0 Å². The lowest BCUT2D eigenvalue weighted by molar-refractivity contribution is 0.0600. The Morgan fingerprint density at radius 3 is 2.69 bits per heavy atom. The summed E-state index contributed by atoms with van der Waals surface area (Å²) in [5, 5.41) is 4.73. The van der Waals surface area contributed by atoms with Crippen LogP contribution in [0, 0.1) is 0 Å². The average Bonchev–Trinajstić information content (AvgIpc) is 3.43. The molecule has 32 heavy (non-hydrogen) atoms. The number of esters is 1. The van der Waals surface area contributed by atoms with Crippen molar-refractivity contribution in [2.24, 2.45) is 0 Å². The predicted molar refractivity (Wildman–Crippen MR) is 131 cm³/mol. The van der Waals surface area contributed by atoms with Gasteiger partial charge in [0.05, 0.1) is 23.8 Å². The van der Waals surface area contributed by atoms with Gasteiger partial charge >= 0.3 is 5.97 Å². The smallest absolute Gasteiger partial charge is 0.337 e. The molecule has 162 valence electrons. The van der Waals surface area contributed by atoms with E-state index >= 15 is 0 Å². The molecule has 0 atom stereocenters. The van der Waals surface area contributed by atoms with E-state index in [1.807, 2.05) is 29.5 Å². The number of ether oxygens (including phenoxy) is 1. The van der Waals surface area contributed by atoms with Crippen LogP contribution in [0.3, 0.4) is 0 Å². The molecule has 0 radical (unpaired) electrons. The van der Waals surface area contributed by atoms with E-state index in [9.17, 15) is 4.79 Å². The number of benzene rings is 2. The highest BCUT2D eigenvalue weighted by Gasteiger charge is 2.22. The van der Waals surface area contributed by atoms with Gasteiger partial charge in [0.25, 0.3) is 0 Å². The maximum absolute atomic E-state index is 11.7. The van der Waals surface area contributed by atoms with Crippen LogP contribution in [0.5, 0.6) is 0 Å². The molecule has 1 aliphatic rings. The number of anilines is 1. The Morgan fingerprint density at radius 1 is 1.09 bits per heavy atom. The van der Waals surface area contributed by atoms with Crippen LogP contribution in [-0.4, -0.2) is 23.0 Å². The Morgan fingerprint density at radius 2 is 1.91 bits per heavy atom. The van der Waals surface area contributed by atoms with E-state index in [4.69, 9.17) is 14.7 Å². The minimum absolute atomic E-state index is 0.323. The molecule has 0 aliphatic heterocycles. The molecule has 4 aromatic rings. The number of thiophene rings is 1. The van der Waals surface area contributed by atoms with Gasteiger partial charge in [0, 0.05) is 16.3 Å². The third kappa shape index (κ3) is 4.36. The van der Waals surface area contributed by atoms with Crippen LogP contribution in [0.15, 0.2) is 59.5 Å². The summed E-state index contributed by atoms with van der Waals surface area (Å²) in [6.45, 7) is 0.628. The predicted octanol–water partition coefficient (Wildman–Crippen LogP) is 5.87. The monoisotopic (exact) mass is 461 g/mol. The number of methoxy groups -OCH3 is 1. The fraction of sp³-hybridized carbons (Fsp3) is 0.240. The zero-order valence-corrected chi connectivity index (χ0v) is 19.4. The van der Waals surface area contributed by atoms with Crippen LogP contribution in [0.2, 0.25) is 0 Å². The number of nitrogens with one attached hydrogen (secondary N) is 1. The number of carbonyl (C=O) groups excluding carboxylic acids is 1. The number of hydrogen-bond donors (Lipinski definition) is 1. The molecule has 0 unspecified atom stereocenters. The minimum Gasteiger partial charge on any atom is -0.465 e. The van der Waals surface area contributed by atoms with Crippen molar-refractivity contribution in [1.29, 1.82) is 0 Å². The topological polar surface area (TPSA) is 64.1 Å². The number of aryl methyl sites for hydroxylation is 2. The lowest BCUT2D eigenvalue weighted by Crippen LogP contribution is -2.06. The summed E-state index contributed by atoms with van der Waals surface area (Å²) in [5.74, 6) is 2.16. The number of hydrogen-bond acceptors (Lipinski definition) is 7. The van der Waals surface area contributed by atoms with Crippen molar-refractivity contribution in [3.05, 3.63) is 82.0 Å². The lowest BCUT2D eigenvalue weighted by atomic mass is 10.1. The summed E-state index contributed by atoms with van der Waals surface area (Å²) in [5.41, 5.74) is 3.05. The van der Waals surface area contributed by atoms with E-state index in [2.05, 4.69) is 29.6 Å². The van der Waals surface area contributed by atoms with Gasteiger partial charge in [0.1, 0.15) is 16.5 Å². The summed E-state index contributed by atoms with van der Waals surface area (Å²) in [6, 6.07) is 17.8. The van der Waals surface area contributed by atoms with E-state index in [0.717, 1.165) is 40.6 Å². The molecule has 2 aromatic carbocycles. The maximum atomic E-state index is 11.7. The van der Waals surface area contributed by atoms with Crippen molar-refractivity contribution in [1.82, 2.24) is 9.97 Å². The van der Waals surface area contributed by atoms with Crippen molar-refractivity contribution in [2.75, 3.05) is 12.4 Å². The van der Waals surface area contributed by atoms with Gasteiger partial charge in [0.15, 0.2) is 0 Å². The number of thioether (sulfide) groups is 1.